The van der Waals surface area contributed by atoms with Crippen molar-refractivity contribution in [2.24, 2.45) is 16.7 Å². The van der Waals surface area contributed by atoms with E-state index in [4.69, 9.17) is 0 Å². The Kier molecular flexibility index (Phi) is 3.32. The molecule has 1 aromatic carbocycles. The molecule has 20 heavy (non-hydrogen) atoms. The predicted molar refractivity (Wildman–Crippen MR) is 69.1 cm³/mol. The fourth-order valence-electron chi connectivity index (χ4n) is 3.16. The molecule has 0 spiro atoms. The molecule has 1 unspecified atom stereocenters. The van der Waals surface area contributed by atoms with Crippen molar-refractivity contribution >= 4 is 0 Å². The summed E-state index contributed by atoms with van der Waals surface area (Å²) in [4.78, 5) is 0. The van der Waals surface area contributed by atoms with Crippen molar-refractivity contribution in [1.82, 2.24) is 0 Å². The highest BCUT2D eigenvalue weighted by Crippen LogP contribution is 2.72. The maximum Gasteiger partial charge on any atom is 0.573 e. The molecule has 1 N–H and O–H groups in total. The van der Waals surface area contributed by atoms with E-state index in [1.807, 2.05) is 27.7 Å². The molecule has 2 rings (SSSR count). The Bertz CT molecular complexity index is 492. The number of alkyl halides is 3. The Hall–Kier alpha value is -1.23. The zero-order chi connectivity index (χ0) is 15.3. The maximum atomic E-state index is 12.4. The van der Waals surface area contributed by atoms with E-state index in [-0.39, 0.29) is 28.1 Å². The molecular weight excluding hydrogens is 269 g/mol. The molecule has 0 saturated heterocycles. The highest BCUT2D eigenvalue weighted by atomic mass is 19.4. The Balaban J connectivity index is 2.30. The average molecular weight is 288 g/mol. The first kappa shape index (κ1) is 15.2. The maximum absolute atomic E-state index is 12.4. The lowest BCUT2D eigenvalue weighted by atomic mass is 9.98. The summed E-state index contributed by atoms with van der Waals surface area (Å²) in [5, 5.41) is 10.5. The first-order valence-corrected chi connectivity index (χ1v) is 6.51. The van der Waals surface area contributed by atoms with Crippen molar-refractivity contribution in [2.75, 3.05) is 0 Å². The first-order chi connectivity index (χ1) is 8.98. The summed E-state index contributed by atoms with van der Waals surface area (Å²) < 4.78 is 41.2. The Morgan fingerprint density at radius 1 is 1.10 bits per heavy atom. The number of rotatable bonds is 3. The van der Waals surface area contributed by atoms with Gasteiger partial charge in [0.25, 0.3) is 0 Å². The quantitative estimate of drug-likeness (QED) is 0.898. The van der Waals surface area contributed by atoms with E-state index in [0.717, 1.165) is 0 Å². The second-order valence-corrected chi connectivity index (χ2v) is 6.45. The van der Waals surface area contributed by atoms with Gasteiger partial charge >= 0.3 is 6.36 Å². The zero-order valence-corrected chi connectivity index (χ0v) is 12.0. The number of para-hydroxylation sites is 1. The minimum Gasteiger partial charge on any atom is -0.405 e. The summed E-state index contributed by atoms with van der Waals surface area (Å²) in [7, 11) is 0. The minimum atomic E-state index is -4.76. The number of aliphatic hydroxyl groups excluding tert-OH is 1. The van der Waals surface area contributed by atoms with Gasteiger partial charge in [0.1, 0.15) is 5.75 Å². The second kappa shape index (κ2) is 4.38. The van der Waals surface area contributed by atoms with E-state index in [1.165, 1.54) is 18.2 Å². The van der Waals surface area contributed by atoms with Gasteiger partial charge in [-0.25, -0.2) is 0 Å². The molecular formula is C15H19F3O2. The van der Waals surface area contributed by atoms with Crippen LogP contribution in [0.25, 0.3) is 0 Å². The molecule has 1 aliphatic carbocycles. The highest BCUT2D eigenvalue weighted by molar-refractivity contribution is 5.38. The molecule has 0 heterocycles. The first-order valence-electron chi connectivity index (χ1n) is 6.51. The van der Waals surface area contributed by atoms with Gasteiger partial charge < -0.3 is 9.84 Å². The summed E-state index contributed by atoms with van der Waals surface area (Å²) in [5.41, 5.74) is -0.0660. The van der Waals surface area contributed by atoms with Crippen LogP contribution in [0.2, 0.25) is 0 Å². The van der Waals surface area contributed by atoms with Crippen molar-refractivity contribution in [3.8, 4) is 5.75 Å². The van der Waals surface area contributed by atoms with Gasteiger partial charge in [-0.15, -0.1) is 13.2 Å². The standard InChI is InChI=1S/C15H19F3O2/c1-13(2)12(14(13,3)4)11(19)9-7-5-6-8-10(9)20-15(16,17)18/h5-8,11-12,19H,1-4H3. The SMILES string of the molecule is CC1(C)C(C(O)c2ccccc2OC(F)(F)F)C1(C)C. The van der Waals surface area contributed by atoms with E-state index in [0.29, 0.717) is 0 Å². The monoisotopic (exact) mass is 288 g/mol. The third kappa shape index (κ3) is 2.39. The Morgan fingerprint density at radius 3 is 2.05 bits per heavy atom. The van der Waals surface area contributed by atoms with Gasteiger partial charge in [-0.1, -0.05) is 45.9 Å². The molecule has 5 heteroatoms. The summed E-state index contributed by atoms with van der Waals surface area (Å²) in [6.07, 6.45) is -5.73. The molecule has 2 nitrogen and oxygen atoms in total. The van der Waals surface area contributed by atoms with Crippen LogP contribution >= 0.6 is 0 Å². The molecule has 1 atom stereocenters. The summed E-state index contributed by atoms with van der Waals surface area (Å²) in [6.45, 7) is 8.03. The van der Waals surface area contributed by atoms with Gasteiger partial charge in [-0.05, 0) is 16.9 Å². The summed E-state index contributed by atoms with van der Waals surface area (Å²) >= 11 is 0. The molecule has 1 fully saturated rings. The van der Waals surface area contributed by atoms with Gasteiger partial charge in [0.2, 0.25) is 0 Å². The van der Waals surface area contributed by atoms with Crippen LogP contribution in [0.15, 0.2) is 24.3 Å². The fourth-order valence-corrected chi connectivity index (χ4v) is 3.16. The van der Waals surface area contributed by atoms with Crippen LogP contribution < -0.4 is 4.74 Å². The number of ether oxygens (including phenoxy) is 1. The van der Waals surface area contributed by atoms with Crippen molar-refractivity contribution in [2.45, 2.75) is 40.2 Å². The largest absolute Gasteiger partial charge is 0.573 e. The Morgan fingerprint density at radius 2 is 1.60 bits per heavy atom. The van der Waals surface area contributed by atoms with Crippen LogP contribution in [0.3, 0.4) is 0 Å². The molecule has 0 amide bonds. The number of benzene rings is 1. The van der Waals surface area contributed by atoms with Gasteiger partial charge in [-0.2, -0.15) is 0 Å². The number of hydrogen-bond donors (Lipinski definition) is 1. The van der Waals surface area contributed by atoms with Crippen LogP contribution in [-0.4, -0.2) is 11.5 Å². The van der Waals surface area contributed by atoms with E-state index in [9.17, 15) is 18.3 Å². The van der Waals surface area contributed by atoms with Gasteiger partial charge in [0, 0.05) is 11.5 Å². The lowest BCUT2D eigenvalue weighted by Gasteiger charge is -2.18. The van der Waals surface area contributed by atoms with Gasteiger partial charge in [0.05, 0.1) is 6.10 Å². The highest BCUT2D eigenvalue weighted by Gasteiger charge is 2.67. The fraction of sp³-hybridized carbons (Fsp3) is 0.600. The van der Waals surface area contributed by atoms with Crippen LogP contribution in [0.1, 0.15) is 39.4 Å². The Labute approximate surface area is 116 Å². The zero-order valence-electron chi connectivity index (χ0n) is 12.0. The molecule has 1 aliphatic rings. The average Bonchev–Trinajstić information content (AvgIpc) is 2.67. The van der Waals surface area contributed by atoms with Crippen molar-refractivity contribution in [3.63, 3.8) is 0 Å². The topological polar surface area (TPSA) is 29.5 Å². The van der Waals surface area contributed by atoms with Gasteiger partial charge in [-0.3, -0.25) is 0 Å². The van der Waals surface area contributed by atoms with E-state index in [2.05, 4.69) is 4.74 Å². The lowest BCUT2D eigenvalue weighted by molar-refractivity contribution is -0.275. The normalized spacial score (nSPS) is 22.4. The van der Waals surface area contributed by atoms with Crippen molar-refractivity contribution < 1.29 is 23.0 Å². The number of aliphatic hydroxyl groups is 1. The third-order valence-corrected chi connectivity index (χ3v) is 4.91. The molecule has 0 aromatic heterocycles. The lowest BCUT2D eigenvalue weighted by Crippen LogP contribution is -2.19. The molecule has 0 radical (unpaired) electrons. The van der Waals surface area contributed by atoms with Crippen LogP contribution in [0, 0.1) is 16.7 Å². The van der Waals surface area contributed by atoms with Crippen LogP contribution in [0.5, 0.6) is 5.75 Å². The third-order valence-electron chi connectivity index (χ3n) is 4.91. The van der Waals surface area contributed by atoms with E-state index in [1.54, 1.807) is 6.07 Å². The minimum absolute atomic E-state index is 0.104. The molecule has 0 bridgehead atoms. The summed E-state index contributed by atoms with van der Waals surface area (Å²) in [5.74, 6) is -0.431. The van der Waals surface area contributed by atoms with Crippen molar-refractivity contribution in [1.29, 1.82) is 0 Å². The van der Waals surface area contributed by atoms with Crippen LogP contribution in [-0.2, 0) is 0 Å². The molecule has 1 saturated carbocycles. The predicted octanol–water partition coefficient (Wildman–Crippen LogP) is 4.30. The van der Waals surface area contributed by atoms with Gasteiger partial charge in [0.15, 0.2) is 0 Å². The number of hydrogen-bond acceptors (Lipinski definition) is 2. The van der Waals surface area contributed by atoms with E-state index < -0.39 is 12.5 Å². The summed E-state index contributed by atoms with van der Waals surface area (Å²) in [6, 6.07) is 5.77. The van der Waals surface area contributed by atoms with Crippen molar-refractivity contribution in [3.05, 3.63) is 29.8 Å². The molecule has 112 valence electrons. The van der Waals surface area contributed by atoms with Crippen LogP contribution in [0.4, 0.5) is 13.2 Å². The van der Waals surface area contributed by atoms with E-state index >= 15 is 0 Å². The smallest absolute Gasteiger partial charge is 0.405 e. The molecule has 1 aromatic rings. The molecule has 0 aliphatic heterocycles. The second-order valence-electron chi connectivity index (χ2n) is 6.45. The number of halogens is 3.